The Morgan fingerprint density at radius 3 is 2.84 bits per heavy atom. The molecule has 0 aliphatic carbocycles. The first-order chi connectivity index (χ1) is 9.01. The van der Waals surface area contributed by atoms with Gasteiger partial charge in [-0.05, 0) is 25.1 Å². The van der Waals surface area contributed by atoms with E-state index < -0.39 is 11.8 Å². The maximum Gasteiger partial charge on any atom is 0.311 e. The fourth-order valence-electron chi connectivity index (χ4n) is 1.65. The Morgan fingerprint density at radius 1 is 1.53 bits per heavy atom. The van der Waals surface area contributed by atoms with Crippen LogP contribution in [0.25, 0.3) is 11.5 Å². The van der Waals surface area contributed by atoms with Crippen LogP contribution in [0.4, 0.5) is 4.39 Å². The van der Waals surface area contributed by atoms with E-state index in [2.05, 4.69) is 4.98 Å². The van der Waals surface area contributed by atoms with Gasteiger partial charge in [0, 0.05) is 5.56 Å². The van der Waals surface area contributed by atoms with E-state index in [1.54, 1.807) is 13.0 Å². The van der Waals surface area contributed by atoms with E-state index in [1.807, 2.05) is 0 Å². The van der Waals surface area contributed by atoms with E-state index in [0.717, 1.165) is 0 Å². The van der Waals surface area contributed by atoms with Gasteiger partial charge >= 0.3 is 5.97 Å². The number of nitrogens with zero attached hydrogens (tertiary/aromatic N) is 1. The molecule has 2 rings (SSSR count). The lowest BCUT2D eigenvalue weighted by Gasteiger charge is -2.02. The summed E-state index contributed by atoms with van der Waals surface area (Å²) in [4.78, 5) is 14.7. The Hall–Kier alpha value is -2.37. The number of oxazole rings is 1. The summed E-state index contributed by atoms with van der Waals surface area (Å²) in [6.07, 6.45) is -0.253. The smallest absolute Gasteiger partial charge is 0.311 e. The first kappa shape index (κ1) is 13.1. The van der Waals surface area contributed by atoms with Crippen molar-refractivity contribution in [2.75, 3.05) is 7.11 Å². The van der Waals surface area contributed by atoms with Crippen LogP contribution in [0.3, 0.4) is 0 Å². The molecule has 1 aromatic heterocycles. The monoisotopic (exact) mass is 265 g/mol. The highest BCUT2D eigenvalue weighted by Crippen LogP contribution is 2.26. The van der Waals surface area contributed by atoms with Crippen LogP contribution in [-0.4, -0.2) is 23.2 Å². The Morgan fingerprint density at radius 2 is 2.26 bits per heavy atom. The zero-order valence-corrected chi connectivity index (χ0v) is 10.4. The third-order valence-corrected chi connectivity index (χ3v) is 2.60. The maximum absolute atomic E-state index is 13.6. The van der Waals surface area contributed by atoms with Crippen molar-refractivity contribution in [1.29, 1.82) is 0 Å². The molecule has 0 aliphatic rings. The number of hydrogen-bond donors (Lipinski definition) is 1. The molecule has 0 saturated heterocycles. The fraction of sp³-hybridized carbons (Fsp3) is 0.231. The minimum absolute atomic E-state index is 0.123. The van der Waals surface area contributed by atoms with Crippen molar-refractivity contribution >= 4 is 5.97 Å². The molecule has 2 aromatic rings. The molecule has 1 N–H and O–H groups in total. The molecule has 100 valence electrons. The molecule has 5 nitrogen and oxygen atoms in total. The lowest BCUT2D eigenvalue weighted by atomic mass is 10.2. The van der Waals surface area contributed by atoms with Crippen LogP contribution in [-0.2, 0) is 11.2 Å². The van der Waals surface area contributed by atoms with E-state index in [-0.39, 0.29) is 23.8 Å². The van der Waals surface area contributed by atoms with Crippen LogP contribution in [0.1, 0.15) is 11.5 Å². The van der Waals surface area contributed by atoms with Crippen molar-refractivity contribution in [2.45, 2.75) is 13.3 Å². The van der Waals surface area contributed by atoms with E-state index in [0.29, 0.717) is 11.3 Å². The van der Waals surface area contributed by atoms with E-state index >= 15 is 0 Å². The van der Waals surface area contributed by atoms with Crippen molar-refractivity contribution in [2.24, 2.45) is 0 Å². The lowest BCUT2D eigenvalue weighted by Crippen LogP contribution is -1.99. The Bertz CT molecular complexity index is 621. The number of hydrogen-bond acceptors (Lipinski definition) is 4. The number of rotatable bonds is 4. The highest BCUT2D eigenvalue weighted by Gasteiger charge is 2.15. The molecular weight excluding hydrogens is 253 g/mol. The molecule has 0 fully saturated rings. The number of methoxy groups -OCH3 is 1. The highest BCUT2D eigenvalue weighted by molar-refractivity contribution is 5.70. The summed E-state index contributed by atoms with van der Waals surface area (Å²) in [6, 6.07) is 4.29. The van der Waals surface area contributed by atoms with E-state index in [4.69, 9.17) is 14.3 Å². The van der Waals surface area contributed by atoms with Crippen molar-refractivity contribution in [3.05, 3.63) is 35.5 Å². The average molecular weight is 265 g/mol. The van der Waals surface area contributed by atoms with Gasteiger partial charge in [-0.15, -0.1) is 0 Å². The van der Waals surface area contributed by atoms with Crippen molar-refractivity contribution in [1.82, 2.24) is 4.98 Å². The van der Waals surface area contributed by atoms with Gasteiger partial charge in [-0.25, -0.2) is 9.37 Å². The summed E-state index contributed by atoms with van der Waals surface area (Å²) in [5.74, 6) is -0.964. The second-order valence-corrected chi connectivity index (χ2v) is 3.95. The summed E-state index contributed by atoms with van der Waals surface area (Å²) in [7, 11) is 1.37. The van der Waals surface area contributed by atoms with Gasteiger partial charge in [0.1, 0.15) is 12.2 Å². The van der Waals surface area contributed by atoms with Crippen LogP contribution in [0, 0.1) is 12.7 Å². The minimum atomic E-state index is -1.01. The van der Waals surface area contributed by atoms with Crippen LogP contribution in [0.15, 0.2) is 22.6 Å². The number of aliphatic carboxylic acids is 1. The van der Waals surface area contributed by atoms with Crippen LogP contribution in [0.2, 0.25) is 0 Å². The van der Waals surface area contributed by atoms with Crippen LogP contribution in [0.5, 0.6) is 5.75 Å². The number of aryl methyl sites for hydroxylation is 1. The molecule has 0 bridgehead atoms. The van der Waals surface area contributed by atoms with Gasteiger partial charge in [0.25, 0.3) is 0 Å². The van der Waals surface area contributed by atoms with Gasteiger partial charge in [-0.3, -0.25) is 4.79 Å². The number of benzene rings is 1. The number of aromatic nitrogens is 1. The standard InChI is InChI=1S/C13H12FNO4/c1-7-11(6-12(16)17)19-13(15-7)8-3-4-10(18-2)9(14)5-8/h3-5H,6H2,1-2H3,(H,16,17). The number of carboxylic acids is 1. The van der Waals surface area contributed by atoms with E-state index in [1.165, 1.54) is 19.2 Å². The number of carboxylic acid groups (broad SMARTS) is 1. The first-order valence-corrected chi connectivity index (χ1v) is 5.53. The van der Waals surface area contributed by atoms with Gasteiger partial charge in [-0.1, -0.05) is 0 Å². The third-order valence-electron chi connectivity index (χ3n) is 2.60. The number of halogens is 1. The first-order valence-electron chi connectivity index (χ1n) is 5.53. The Balaban J connectivity index is 2.37. The molecule has 1 aromatic carbocycles. The van der Waals surface area contributed by atoms with Crippen molar-refractivity contribution in [3.8, 4) is 17.2 Å². The zero-order valence-electron chi connectivity index (χ0n) is 10.4. The molecule has 19 heavy (non-hydrogen) atoms. The number of ether oxygens (including phenoxy) is 1. The second kappa shape index (κ2) is 5.09. The summed E-state index contributed by atoms with van der Waals surface area (Å²) in [5, 5.41) is 8.72. The normalized spacial score (nSPS) is 10.5. The summed E-state index contributed by atoms with van der Waals surface area (Å²) in [5.41, 5.74) is 0.909. The highest BCUT2D eigenvalue weighted by atomic mass is 19.1. The SMILES string of the molecule is COc1ccc(-c2nc(C)c(CC(=O)O)o2)cc1F. The van der Waals surface area contributed by atoms with Gasteiger partial charge < -0.3 is 14.3 Å². The number of carbonyl (C=O) groups is 1. The van der Waals surface area contributed by atoms with Crippen molar-refractivity contribution < 1.29 is 23.4 Å². The molecule has 0 spiro atoms. The molecule has 0 unspecified atom stereocenters. The summed E-state index contributed by atoms with van der Waals surface area (Å²) < 4.78 is 23.7. The topological polar surface area (TPSA) is 72.6 Å². The van der Waals surface area contributed by atoms with Gasteiger partial charge in [0.05, 0.1) is 12.8 Å². The molecular formula is C13H12FNO4. The largest absolute Gasteiger partial charge is 0.494 e. The summed E-state index contributed by atoms with van der Waals surface area (Å²) in [6.45, 7) is 1.64. The maximum atomic E-state index is 13.6. The zero-order chi connectivity index (χ0) is 14.0. The lowest BCUT2D eigenvalue weighted by molar-refractivity contribution is -0.136. The third kappa shape index (κ3) is 2.73. The molecule has 0 saturated carbocycles. The van der Waals surface area contributed by atoms with Crippen LogP contribution < -0.4 is 4.74 Å². The molecule has 0 aliphatic heterocycles. The molecule has 0 amide bonds. The average Bonchev–Trinajstić information content (AvgIpc) is 2.70. The predicted molar refractivity (Wildman–Crippen MR) is 64.5 cm³/mol. The molecule has 1 heterocycles. The second-order valence-electron chi connectivity index (χ2n) is 3.95. The Labute approximate surface area is 108 Å². The molecule has 0 radical (unpaired) electrons. The molecule has 6 heteroatoms. The van der Waals surface area contributed by atoms with Crippen LogP contribution >= 0.6 is 0 Å². The predicted octanol–water partition coefficient (Wildman–Crippen LogP) is 2.42. The van der Waals surface area contributed by atoms with E-state index in [9.17, 15) is 9.18 Å². The minimum Gasteiger partial charge on any atom is -0.494 e. The van der Waals surface area contributed by atoms with Gasteiger partial charge in [-0.2, -0.15) is 0 Å². The Kier molecular flexibility index (Phi) is 3.50. The quantitative estimate of drug-likeness (QED) is 0.919. The van der Waals surface area contributed by atoms with Crippen molar-refractivity contribution in [3.63, 3.8) is 0 Å². The fourth-order valence-corrected chi connectivity index (χ4v) is 1.65. The van der Waals surface area contributed by atoms with Gasteiger partial charge in [0.15, 0.2) is 11.6 Å². The molecule has 0 atom stereocenters. The van der Waals surface area contributed by atoms with Gasteiger partial charge in [0.2, 0.25) is 5.89 Å². The summed E-state index contributed by atoms with van der Waals surface area (Å²) >= 11 is 0.